The summed E-state index contributed by atoms with van der Waals surface area (Å²) in [6.07, 6.45) is 5.26. The van der Waals surface area contributed by atoms with E-state index < -0.39 is 16.6 Å². The third kappa shape index (κ3) is 4.55. The van der Waals surface area contributed by atoms with Gasteiger partial charge in [0.2, 0.25) is 0 Å². The van der Waals surface area contributed by atoms with Gasteiger partial charge in [0.05, 0.1) is 11.5 Å². The van der Waals surface area contributed by atoms with Crippen molar-refractivity contribution in [1.29, 1.82) is 0 Å². The fourth-order valence-electron chi connectivity index (χ4n) is 2.81. The van der Waals surface area contributed by atoms with Crippen LogP contribution in [0.5, 0.6) is 0 Å². The van der Waals surface area contributed by atoms with Gasteiger partial charge in [-0.2, -0.15) is 0 Å². The van der Waals surface area contributed by atoms with Gasteiger partial charge in [0.15, 0.2) is 0 Å². The van der Waals surface area contributed by atoms with Crippen LogP contribution in [-0.2, 0) is 9.53 Å². The highest BCUT2D eigenvalue weighted by Gasteiger charge is 2.31. The highest BCUT2D eigenvalue weighted by Crippen LogP contribution is 2.24. The van der Waals surface area contributed by atoms with Crippen LogP contribution in [0.25, 0.3) is 5.70 Å². The number of hydrogen-bond donors (Lipinski definition) is 1. The minimum Gasteiger partial charge on any atom is -0.458 e. The zero-order chi connectivity index (χ0) is 16.7. The Bertz CT molecular complexity index is 578. The number of hydrogen-bond acceptors (Lipinski definition) is 5. The van der Waals surface area contributed by atoms with Crippen molar-refractivity contribution in [2.45, 2.75) is 45.1 Å². The molecule has 1 saturated carbocycles. The van der Waals surface area contributed by atoms with Gasteiger partial charge in [-0.3, -0.25) is 10.1 Å². The van der Waals surface area contributed by atoms with E-state index in [2.05, 4.69) is 5.32 Å². The van der Waals surface area contributed by atoms with Crippen LogP contribution in [0.1, 0.15) is 44.6 Å². The van der Waals surface area contributed by atoms with Crippen LogP contribution >= 0.6 is 0 Å². The molecule has 124 valence electrons. The van der Waals surface area contributed by atoms with Crippen molar-refractivity contribution in [1.82, 2.24) is 5.32 Å². The maximum Gasteiger partial charge on any atom is 0.412 e. The first-order valence-corrected chi connectivity index (χ1v) is 8.01. The Morgan fingerprint density at radius 1 is 1.26 bits per heavy atom. The highest BCUT2D eigenvalue weighted by molar-refractivity contribution is 5.94. The zero-order valence-corrected chi connectivity index (χ0v) is 13.3. The second-order valence-electron chi connectivity index (χ2n) is 5.55. The summed E-state index contributed by atoms with van der Waals surface area (Å²) in [5, 5.41) is 14.7. The third-order valence-corrected chi connectivity index (χ3v) is 3.90. The van der Waals surface area contributed by atoms with Crippen molar-refractivity contribution in [3.05, 3.63) is 51.7 Å². The molecule has 1 fully saturated rings. The van der Waals surface area contributed by atoms with E-state index in [1.807, 2.05) is 6.07 Å². The number of carbonyl (C=O) groups is 1. The molecular formula is C17H22N2O4. The summed E-state index contributed by atoms with van der Waals surface area (Å²) in [5.41, 5.74) is 0.349. The lowest BCUT2D eigenvalue weighted by Crippen LogP contribution is -2.32. The summed E-state index contributed by atoms with van der Waals surface area (Å²) in [6, 6.07) is 9.07. The summed E-state index contributed by atoms with van der Waals surface area (Å²) in [7, 11) is 0. The molecule has 0 unspecified atom stereocenters. The van der Waals surface area contributed by atoms with Gasteiger partial charge in [-0.1, -0.05) is 49.6 Å². The Labute approximate surface area is 135 Å². The Morgan fingerprint density at radius 2 is 1.91 bits per heavy atom. The molecule has 0 spiro atoms. The Balaban J connectivity index is 2.42. The van der Waals surface area contributed by atoms with Crippen molar-refractivity contribution < 1.29 is 14.5 Å². The number of rotatable bonds is 6. The molecule has 0 heterocycles. The zero-order valence-electron chi connectivity index (χ0n) is 13.3. The summed E-state index contributed by atoms with van der Waals surface area (Å²) < 4.78 is 4.88. The average Bonchev–Trinajstić information content (AvgIpc) is 2.56. The quantitative estimate of drug-likeness (QED) is 0.377. The molecule has 0 aromatic heterocycles. The number of carbonyl (C=O) groups excluding carboxylic acids is 1. The van der Waals surface area contributed by atoms with Gasteiger partial charge < -0.3 is 10.1 Å². The molecule has 0 saturated heterocycles. The number of benzene rings is 1. The lowest BCUT2D eigenvalue weighted by molar-refractivity contribution is -0.420. The second kappa shape index (κ2) is 8.31. The number of nitrogens with one attached hydrogen (secondary N) is 1. The van der Waals surface area contributed by atoms with Gasteiger partial charge in [0.1, 0.15) is 5.70 Å². The van der Waals surface area contributed by atoms with Gasteiger partial charge in [-0.05, 0) is 19.8 Å². The van der Waals surface area contributed by atoms with E-state index in [0.29, 0.717) is 5.56 Å². The van der Waals surface area contributed by atoms with E-state index in [-0.39, 0.29) is 18.3 Å². The highest BCUT2D eigenvalue weighted by atomic mass is 16.6. The van der Waals surface area contributed by atoms with E-state index in [1.165, 1.54) is 6.42 Å². The minimum atomic E-state index is -0.903. The molecule has 23 heavy (non-hydrogen) atoms. The van der Waals surface area contributed by atoms with Crippen molar-refractivity contribution in [3.63, 3.8) is 0 Å². The molecule has 0 radical (unpaired) electrons. The average molecular weight is 318 g/mol. The van der Waals surface area contributed by atoms with Crippen LogP contribution in [0.15, 0.2) is 36.0 Å². The normalized spacial score (nSPS) is 16.4. The van der Waals surface area contributed by atoms with Gasteiger partial charge in [0, 0.05) is 11.6 Å². The molecular weight excluding hydrogens is 296 g/mol. The van der Waals surface area contributed by atoms with Gasteiger partial charge in [-0.15, -0.1) is 0 Å². The molecule has 0 atom stereocenters. The van der Waals surface area contributed by atoms with Crippen molar-refractivity contribution in [2.75, 3.05) is 6.61 Å². The van der Waals surface area contributed by atoms with E-state index in [1.54, 1.807) is 31.2 Å². The van der Waals surface area contributed by atoms with Crippen molar-refractivity contribution in [3.8, 4) is 0 Å². The summed E-state index contributed by atoms with van der Waals surface area (Å²) in [5.74, 6) is -0.903. The van der Waals surface area contributed by atoms with Crippen molar-refractivity contribution >= 4 is 11.7 Å². The fraction of sp³-hybridized carbons (Fsp3) is 0.471. The standard InChI is InChI=1S/C17H22N2O4/c1-2-23-17(20)16(19(21)22)15(13-9-5-3-6-10-13)18-14-11-7-4-8-12-14/h3,5-6,9-10,14,18H,2,4,7-8,11-12H2,1H3/b16-15+. The Morgan fingerprint density at radius 3 is 2.48 bits per heavy atom. The van der Waals surface area contributed by atoms with Crippen LogP contribution in [0, 0.1) is 10.1 Å². The van der Waals surface area contributed by atoms with Gasteiger partial charge in [0.25, 0.3) is 0 Å². The van der Waals surface area contributed by atoms with Crippen molar-refractivity contribution in [2.24, 2.45) is 0 Å². The summed E-state index contributed by atoms with van der Waals surface area (Å²) in [4.78, 5) is 22.9. The number of nitro groups is 1. The maximum absolute atomic E-state index is 12.1. The Hall–Kier alpha value is -2.37. The van der Waals surface area contributed by atoms with Crippen LogP contribution in [0.3, 0.4) is 0 Å². The molecule has 1 aliphatic rings. The predicted molar refractivity (Wildman–Crippen MR) is 87.0 cm³/mol. The molecule has 2 rings (SSSR count). The topological polar surface area (TPSA) is 81.5 Å². The number of esters is 1. The number of ether oxygens (including phenoxy) is 1. The maximum atomic E-state index is 12.1. The van der Waals surface area contributed by atoms with E-state index in [4.69, 9.17) is 4.74 Å². The Kier molecular flexibility index (Phi) is 6.14. The van der Waals surface area contributed by atoms with Crippen LogP contribution in [-0.4, -0.2) is 23.5 Å². The van der Waals surface area contributed by atoms with Crippen LogP contribution in [0.4, 0.5) is 0 Å². The molecule has 6 nitrogen and oxygen atoms in total. The first-order valence-electron chi connectivity index (χ1n) is 8.01. The molecule has 1 N–H and O–H groups in total. The van der Waals surface area contributed by atoms with Gasteiger partial charge in [-0.25, -0.2) is 4.79 Å². The number of nitrogens with zero attached hydrogens (tertiary/aromatic N) is 1. The molecule has 0 aliphatic heterocycles. The van der Waals surface area contributed by atoms with Gasteiger partial charge >= 0.3 is 11.7 Å². The lowest BCUT2D eigenvalue weighted by atomic mass is 9.94. The molecule has 0 bridgehead atoms. The third-order valence-electron chi connectivity index (χ3n) is 3.90. The SMILES string of the molecule is CCOC(=O)/C(=C(\NC1CCCCC1)c1ccccc1)[N+](=O)[O-]. The van der Waals surface area contributed by atoms with E-state index >= 15 is 0 Å². The molecule has 1 aromatic carbocycles. The molecule has 6 heteroatoms. The summed E-state index contributed by atoms with van der Waals surface area (Å²) in [6.45, 7) is 1.73. The first kappa shape index (κ1) is 17.0. The molecule has 0 amide bonds. The molecule has 1 aliphatic carbocycles. The largest absolute Gasteiger partial charge is 0.458 e. The summed E-state index contributed by atoms with van der Waals surface area (Å²) >= 11 is 0. The fourth-order valence-corrected chi connectivity index (χ4v) is 2.81. The predicted octanol–water partition coefficient (Wildman–Crippen LogP) is 3.12. The minimum absolute atomic E-state index is 0.0989. The van der Waals surface area contributed by atoms with Crippen LogP contribution < -0.4 is 5.32 Å². The van der Waals surface area contributed by atoms with Crippen LogP contribution in [0.2, 0.25) is 0 Å². The second-order valence-corrected chi connectivity index (χ2v) is 5.55. The lowest BCUT2D eigenvalue weighted by Gasteiger charge is -2.25. The monoisotopic (exact) mass is 318 g/mol. The molecule has 1 aromatic rings. The van der Waals surface area contributed by atoms with E-state index in [9.17, 15) is 14.9 Å². The van der Waals surface area contributed by atoms with E-state index in [0.717, 1.165) is 25.7 Å². The first-order chi connectivity index (χ1) is 11.1. The smallest absolute Gasteiger partial charge is 0.412 e.